The molecule has 0 radical (unpaired) electrons. The summed E-state index contributed by atoms with van der Waals surface area (Å²) in [4.78, 5) is 30.3. The van der Waals surface area contributed by atoms with Crippen molar-refractivity contribution in [1.82, 2.24) is 15.1 Å². The van der Waals surface area contributed by atoms with E-state index < -0.39 is 0 Å². The predicted octanol–water partition coefficient (Wildman–Crippen LogP) is 4.69. The summed E-state index contributed by atoms with van der Waals surface area (Å²) in [5.74, 6) is -0.178. The monoisotopic (exact) mass is 507 g/mol. The van der Waals surface area contributed by atoms with E-state index in [1.54, 1.807) is 9.80 Å². The summed E-state index contributed by atoms with van der Waals surface area (Å²) in [6, 6.07) is 15.4. The number of amides is 3. The molecule has 0 unspecified atom stereocenters. The highest BCUT2D eigenvalue weighted by Crippen LogP contribution is 2.31. The third-order valence-electron chi connectivity index (χ3n) is 7.83. The second-order valence-electron chi connectivity index (χ2n) is 10.7. The lowest BCUT2D eigenvalue weighted by molar-refractivity contribution is -0.0185. The molecule has 1 fully saturated rings. The summed E-state index contributed by atoms with van der Waals surface area (Å²) in [5.41, 5.74) is 3.43. The Labute approximate surface area is 220 Å². The fraction of sp³-hybridized carbons (Fsp3) is 0.533. The van der Waals surface area contributed by atoms with Crippen LogP contribution in [0.15, 0.2) is 48.5 Å². The Hall–Kier alpha value is -2.90. The Kier molecular flexibility index (Phi) is 9.22. The van der Waals surface area contributed by atoms with E-state index in [0.29, 0.717) is 25.3 Å². The Balaban J connectivity index is 1.62. The van der Waals surface area contributed by atoms with Gasteiger partial charge in [-0.3, -0.25) is 4.79 Å². The van der Waals surface area contributed by atoms with Crippen LogP contribution in [0.2, 0.25) is 0 Å². The zero-order valence-corrected chi connectivity index (χ0v) is 22.4. The molecule has 1 heterocycles. The van der Waals surface area contributed by atoms with Crippen molar-refractivity contribution in [3.8, 4) is 11.1 Å². The number of ether oxygens (including phenoxy) is 1. The number of likely N-dealkylation sites (N-methyl/N-ethyl adjacent to an activating group) is 1. The largest absolute Gasteiger partial charge is 0.394 e. The number of nitrogens with zero attached hydrogens (tertiary/aromatic N) is 2. The fourth-order valence-electron chi connectivity index (χ4n) is 5.44. The zero-order valence-electron chi connectivity index (χ0n) is 22.4. The molecule has 7 nitrogen and oxygen atoms in total. The van der Waals surface area contributed by atoms with Crippen molar-refractivity contribution in [3.63, 3.8) is 0 Å². The van der Waals surface area contributed by atoms with Gasteiger partial charge in [-0.25, -0.2) is 4.79 Å². The van der Waals surface area contributed by atoms with E-state index in [4.69, 9.17) is 4.74 Å². The van der Waals surface area contributed by atoms with Gasteiger partial charge in [0.25, 0.3) is 5.91 Å². The Morgan fingerprint density at radius 2 is 1.73 bits per heavy atom. The molecule has 0 bridgehead atoms. The number of aliphatic hydroxyl groups is 1. The number of benzene rings is 2. The molecule has 0 aromatic heterocycles. The van der Waals surface area contributed by atoms with Gasteiger partial charge in [-0.15, -0.1) is 0 Å². The third kappa shape index (κ3) is 6.51. The first-order valence-corrected chi connectivity index (χ1v) is 13.6. The van der Waals surface area contributed by atoms with Crippen LogP contribution >= 0.6 is 0 Å². The number of hydrogen-bond acceptors (Lipinski definition) is 4. The van der Waals surface area contributed by atoms with Crippen LogP contribution in [0.3, 0.4) is 0 Å². The first-order valence-electron chi connectivity index (χ1n) is 13.6. The topological polar surface area (TPSA) is 82.1 Å². The first kappa shape index (κ1) is 27.1. The maximum absolute atomic E-state index is 13.9. The van der Waals surface area contributed by atoms with Crippen molar-refractivity contribution in [2.75, 3.05) is 26.7 Å². The minimum Gasteiger partial charge on any atom is -0.394 e. The van der Waals surface area contributed by atoms with E-state index in [1.165, 1.54) is 6.42 Å². The van der Waals surface area contributed by atoms with Crippen LogP contribution < -0.4 is 5.32 Å². The number of hydrogen-bond donors (Lipinski definition) is 2. The maximum Gasteiger partial charge on any atom is 0.317 e. The minimum atomic E-state index is -0.355. The van der Waals surface area contributed by atoms with Crippen LogP contribution in [0, 0.1) is 5.92 Å². The van der Waals surface area contributed by atoms with Gasteiger partial charge in [-0.2, -0.15) is 0 Å². The highest BCUT2D eigenvalue weighted by Gasteiger charge is 2.31. The number of fused-ring (bicyclic) bond motifs is 3. The van der Waals surface area contributed by atoms with Crippen molar-refractivity contribution in [1.29, 1.82) is 0 Å². The number of urea groups is 1. The summed E-state index contributed by atoms with van der Waals surface area (Å²) in [7, 11) is 1.81. The highest BCUT2D eigenvalue weighted by molar-refractivity contribution is 6.01. The number of carbonyl (C=O) groups is 2. The molecule has 0 spiro atoms. The highest BCUT2D eigenvalue weighted by atomic mass is 16.5. The lowest BCUT2D eigenvalue weighted by Crippen LogP contribution is -2.50. The van der Waals surface area contributed by atoms with Gasteiger partial charge in [-0.1, -0.05) is 68.7 Å². The molecule has 1 aliphatic carbocycles. The Bertz CT molecular complexity index is 1070. The van der Waals surface area contributed by atoms with Crippen molar-refractivity contribution >= 4 is 11.9 Å². The summed E-state index contributed by atoms with van der Waals surface area (Å²) in [5, 5.41) is 13.2. The van der Waals surface area contributed by atoms with Crippen molar-refractivity contribution < 1.29 is 19.4 Å². The van der Waals surface area contributed by atoms with Crippen LogP contribution in [-0.4, -0.2) is 71.8 Å². The second kappa shape index (κ2) is 12.6. The molecule has 4 rings (SSSR count). The van der Waals surface area contributed by atoms with E-state index in [-0.39, 0.29) is 42.7 Å². The van der Waals surface area contributed by atoms with Gasteiger partial charge in [-0.05, 0) is 42.5 Å². The Morgan fingerprint density at radius 1 is 1.08 bits per heavy atom. The molecule has 2 aromatic rings. The second-order valence-corrected chi connectivity index (χ2v) is 10.7. The molecule has 0 saturated heterocycles. The molecule has 1 aliphatic heterocycles. The Morgan fingerprint density at radius 3 is 2.43 bits per heavy atom. The predicted molar refractivity (Wildman–Crippen MR) is 145 cm³/mol. The van der Waals surface area contributed by atoms with E-state index in [1.807, 2.05) is 62.5 Å². The third-order valence-corrected chi connectivity index (χ3v) is 7.83. The lowest BCUT2D eigenvalue weighted by atomic mass is 9.94. The molecule has 3 amide bonds. The number of aliphatic hydroxyl groups excluding tert-OH is 1. The standard InChI is InChI=1S/C30H41N3O4/c1-21-17-33(22(2)19-34)29(35)27-16-10-9-15-26(27)25-14-8-7-11-23(25)20-37-28(21)18-32(3)30(36)31-24-12-5-4-6-13-24/h7-11,14-16,21-22,24,28,34H,4-6,12-13,17-20H2,1-3H3,(H,31,36)/t21-,22-,28-/m0/s1. The van der Waals surface area contributed by atoms with E-state index in [9.17, 15) is 14.7 Å². The first-order chi connectivity index (χ1) is 17.9. The van der Waals surface area contributed by atoms with Crippen LogP contribution in [0.5, 0.6) is 0 Å². The summed E-state index contributed by atoms with van der Waals surface area (Å²) < 4.78 is 6.51. The molecular weight excluding hydrogens is 466 g/mol. The van der Waals surface area contributed by atoms with Gasteiger partial charge in [0, 0.05) is 37.7 Å². The molecule has 3 atom stereocenters. The van der Waals surface area contributed by atoms with Gasteiger partial charge in [0.15, 0.2) is 0 Å². The SMILES string of the molecule is C[C@H]1CN([C@@H](C)CO)C(=O)c2ccccc2-c2ccccc2CO[C@H]1CN(C)C(=O)NC1CCCCC1. The summed E-state index contributed by atoms with van der Waals surface area (Å²) in [6.07, 6.45) is 5.32. The lowest BCUT2D eigenvalue weighted by Gasteiger charge is -2.35. The van der Waals surface area contributed by atoms with Gasteiger partial charge in [0.1, 0.15) is 0 Å². The molecular formula is C30H41N3O4. The molecule has 200 valence electrons. The number of rotatable bonds is 5. The summed E-state index contributed by atoms with van der Waals surface area (Å²) in [6.45, 7) is 4.98. The van der Waals surface area contributed by atoms with Gasteiger partial charge in [0.05, 0.1) is 25.4 Å². The average Bonchev–Trinajstić information content (AvgIpc) is 2.94. The van der Waals surface area contributed by atoms with Gasteiger partial charge in [0.2, 0.25) is 0 Å². The summed E-state index contributed by atoms with van der Waals surface area (Å²) >= 11 is 0. The average molecular weight is 508 g/mol. The quantitative estimate of drug-likeness (QED) is 0.615. The maximum atomic E-state index is 13.9. The van der Waals surface area contributed by atoms with E-state index >= 15 is 0 Å². The number of nitrogens with one attached hydrogen (secondary N) is 1. The smallest absolute Gasteiger partial charge is 0.317 e. The fourth-order valence-corrected chi connectivity index (χ4v) is 5.44. The molecule has 37 heavy (non-hydrogen) atoms. The molecule has 2 N–H and O–H groups in total. The van der Waals surface area contributed by atoms with Gasteiger partial charge < -0.3 is 25.0 Å². The van der Waals surface area contributed by atoms with Crippen molar-refractivity contribution in [2.24, 2.45) is 5.92 Å². The van der Waals surface area contributed by atoms with Crippen LogP contribution in [-0.2, 0) is 11.3 Å². The van der Waals surface area contributed by atoms with Crippen LogP contribution in [0.4, 0.5) is 4.79 Å². The van der Waals surface area contributed by atoms with Crippen molar-refractivity contribution in [2.45, 2.75) is 70.7 Å². The molecule has 2 aromatic carbocycles. The van der Waals surface area contributed by atoms with E-state index in [0.717, 1.165) is 42.4 Å². The van der Waals surface area contributed by atoms with E-state index in [2.05, 4.69) is 12.2 Å². The minimum absolute atomic E-state index is 0.0692. The number of carbonyl (C=O) groups excluding carboxylic acids is 2. The van der Waals surface area contributed by atoms with Gasteiger partial charge >= 0.3 is 6.03 Å². The van der Waals surface area contributed by atoms with Crippen LogP contribution in [0.1, 0.15) is 61.9 Å². The normalized spacial score (nSPS) is 21.8. The molecule has 1 saturated carbocycles. The van der Waals surface area contributed by atoms with Crippen LogP contribution in [0.25, 0.3) is 11.1 Å². The molecule has 2 aliphatic rings. The molecule has 7 heteroatoms. The van der Waals surface area contributed by atoms with Crippen molar-refractivity contribution in [3.05, 3.63) is 59.7 Å². The zero-order chi connectivity index (χ0) is 26.4.